The van der Waals surface area contributed by atoms with Crippen molar-refractivity contribution in [3.05, 3.63) is 69.2 Å². The number of benzene rings is 1. The summed E-state index contributed by atoms with van der Waals surface area (Å²) in [7, 11) is -3.36. The van der Waals surface area contributed by atoms with E-state index in [9.17, 15) is 25.8 Å². The second-order valence-corrected chi connectivity index (χ2v) is 7.85. The van der Waals surface area contributed by atoms with Crippen LogP contribution in [-0.2, 0) is 6.18 Å². The molecule has 0 aliphatic heterocycles. The van der Waals surface area contributed by atoms with Gasteiger partial charge in [0.15, 0.2) is 5.82 Å². The Kier molecular flexibility index (Phi) is 6.92. The number of pyridine rings is 1. The van der Waals surface area contributed by atoms with E-state index >= 15 is 0 Å². The Bertz CT molecular complexity index is 1250. The second kappa shape index (κ2) is 9.32. The highest BCUT2D eigenvalue weighted by molar-refractivity contribution is 8.11. The van der Waals surface area contributed by atoms with Crippen molar-refractivity contribution in [2.45, 2.75) is 11.1 Å². The van der Waals surface area contributed by atoms with E-state index in [0.29, 0.717) is 22.4 Å². The molecule has 0 amide bonds. The summed E-state index contributed by atoms with van der Waals surface area (Å²) in [6.45, 7) is 7.17. The molecule has 0 N–H and O–H groups in total. The van der Waals surface area contributed by atoms with Gasteiger partial charge in [0.2, 0.25) is 0 Å². The Morgan fingerprint density at radius 2 is 1.75 bits per heavy atom. The molecular weight excluding hydrogens is 503 g/mol. The predicted molar refractivity (Wildman–Crippen MR) is 111 cm³/mol. The van der Waals surface area contributed by atoms with Gasteiger partial charge in [-0.15, -0.1) is 4.68 Å². The van der Waals surface area contributed by atoms with E-state index in [1.165, 1.54) is 24.5 Å². The van der Waals surface area contributed by atoms with Crippen LogP contribution in [0.3, 0.4) is 0 Å². The predicted octanol–water partition coefficient (Wildman–Crippen LogP) is 7.43. The Hall–Kier alpha value is -2.88. The van der Waals surface area contributed by atoms with Crippen LogP contribution in [0.15, 0.2) is 46.5 Å². The van der Waals surface area contributed by atoms with Gasteiger partial charge in [-0.25, -0.2) is 4.99 Å². The minimum atomic E-state index is -4.77. The summed E-state index contributed by atoms with van der Waals surface area (Å²) in [4.78, 5) is 9.84. The van der Waals surface area contributed by atoms with Crippen molar-refractivity contribution in [3.8, 4) is 5.69 Å². The number of aromatic nitrogens is 3. The zero-order chi connectivity index (χ0) is 23.6. The lowest BCUT2D eigenvalue weighted by molar-refractivity contribution is -0.137. The third kappa shape index (κ3) is 4.79. The van der Waals surface area contributed by atoms with E-state index < -0.39 is 60.2 Å². The molecule has 14 heteroatoms. The van der Waals surface area contributed by atoms with Crippen molar-refractivity contribution in [3.63, 3.8) is 0 Å². The molecule has 32 heavy (non-hydrogen) atoms. The Morgan fingerprint density at radius 3 is 2.25 bits per heavy atom. The van der Waals surface area contributed by atoms with Gasteiger partial charge in [0, 0.05) is 18.6 Å². The van der Waals surface area contributed by atoms with Crippen LogP contribution in [0.4, 0.5) is 37.5 Å². The molecule has 3 rings (SSSR count). The van der Waals surface area contributed by atoms with Crippen LogP contribution >= 0.6 is 34.1 Å². The van der Waals surface area contributed by atoms with Crippen molar-refractivity contribution in [1.29, 1.82) is 0 Å². The van der Waals surface area contributed by atoms with Crippen LogP contribution in [0.25, 0.3) is 10.5 Å². The lowest BCUT2D eigenvalue weighted by Gasteiger charge is -2.12. The molecular formula is C18H7Cl2F6N5S. The maximum absolute atomic E-state index is 14.4. The Labute approximate surface area is 189 Å². The summed E-state index contributed by atoms with van der Waals surface area (Å²) in [6.07, 6.45) is -0.820. The first-order valence-electron chi connectivity index (χ1n) is 8.14. The van der Waals surface area contributed by atoms with Crippen LogP contribution in [0.5, 0.6) is 0 Å². The monoisotopic (exact) mass is 509 g/mol. The lowest BCUT2D eigenvalue weighted by atomic mass is 10.2. The molecule has 0 fully saturated rings. The number of aliphatic imine (C=N–C) groups is 1. The van der Waals surface area contributed by atoms with E-state index in [2.05, 4.69) is 19.9 Å². The summed E-state index contributed by atoms with van der Waals surface area (Å²) in [5.41, 5.74) is -1.14. The topological polar surface area (TPSA) is 47.4 Å². The van der Waals surface area contributed by atoms with Crippen molar-refractivity contribution in [1.82, 2.24) is 14.8 Å². The molecule has 1 unspecified atom stereocenters. The molecule has 0 spiro atoms. The lowest BCUT2D eigenvalue weighted by Crippen LogP contribution is -2.07. The van der Waals surface area contributed by atoms with Gasteiger partial charge >= 0.3 is 17.4 Å². The molecule has 166 valence electrons. The van der Waals surface area contributed by atoms with Crippen LogP contribution in [-0.4, -0.2) is 26.4 Å². The molecule has 5 nitrogen and oxygen atoms in total. The third-order valence-electron chi connectivity index (χ3n) is 3.82. The van der Waals surface area contributed by atoms with E-state index in [1.54, 1.807) is 0 Å². The molecule has 2 aromatic heterocycles. The highest BCUT2D eigenvalue weighted by atomic mass is 35.5. The third-order valence-corrected chi connectivity index (χ3v) is 5.39. The molecule has 0 aliphatic carbocycles. The number of hydrogen-bond acceptors (Lipinski definition) is 3. The zero-order valence-corrected chi connectivity index (χ0v) is 17.5. The van der Waals surface area contributed by atoms with E-state index in [1.807, 2.05) is 0 Å². The summed E-state index contributed by atoms with van der Waals surface area (Å²) in [5, 5.41) is -0.0451. The minimum absolute atomic E-state index is 0.393. The standard InChI is InChI=1S/C18H7Cl2F6N5S/c1-27-15-14(32(26)17(21)22)16(29-8-9-2-4-28-5-3-9)31(30-15)13-11(19)6-10(7-12(13)20)18(23,24)25/h2-8H/b29-8+. The first kappa shape index (κ1) is 23.8. The average molecular weight is 510 g/mol. The molecule has 1 atom stereocenters. The fourth-order valence-electron chi connectivity index (χ4n) is 2.48. The highest BCUT2D eigenvalue weighted by Gasteiger charge is 2.34. The van der Waals surface area contributed by atoms with Gasteiger partial charge < -0.3 is 4.85 Å². The maximum atomic E-state index is 14.4. The smallest absolute Gasteiger partial charge is 0.358 e. The van der Waals surface area contributed by atoms with Crippen molar-refractivity contribution in [2.24, 2.45) is 4.99 Å². The summed E-state index contributed by atoms with van der Waals surface area (Å²) in [5.74, 6) is -1.37. The van der Waals surface area contributed by atoms with E-state index in [-0.39, 0.29) is 0 Å². The number of rotatable bonds is 4. The Balaban J connectivity index is 2.33. The van der Waals surface area contributed by atoms with Crippen molar-refractivity contribution in [2.75, 3.05) is 0 Å². The van der Waals surface area contributed by atoms with Crippen molar-refractivity contribution >= 4 is 57.3 Å². The Morgan fingerprint density at radius 1 is 1.16 bits per heavy atom. The van der Waals surface area contributed by atoms with Crippen LogP contribution < -0.4 is 0 Å². The van der Waals surface area contributed by atoms with Crippen LogP contribution in [0.1, 0.15) is 11.1 Å². The SMILES string of the molecule is [C-]#[N+]c1nn(-c2c(Cl)cc(C(F)(F)F)cc2Cl)c(/N=C/c2ccncc2)c1S(F)=C(F)F. The molecule has 1 aromatic carbocycles. The normalized spacial score (nSPS) is 12.7. The minimum Gasteiger partial charge on any atom is -0.358 e. The van der Waals surface area contributed by atoms with Gasteiger partial charge in [-0.2, -0.15) is 25.8 Å². The van der Waals surface area contributed by atoms with E-state index in [0.717, 1.165) is 6.21 Å². The zero-order valence-electron chi connectivity index (χ0n) is 15.2. The van der Waals surface area contributed by atoms with Gasteiger partial charge in [0.1, 0.15) is 10.6 Å². The second-order valence-electron chi connectivity index (χ2n) is 5.81. The average Bonchev–Trinajstić information content (AvgIpc) is 3.09. The highest BCUT2D eigenvalue weighted by Crippen LogP contribution is 2.47. The molecule has 0 aliphatic rings. The molecule has 0 bridgehead atoms. The van der Waals surface area contributed by atoms with Gasteiger partial charge in [0.25, 0.3) is 0 Å². The fraction of sp³-hybridized carbons (Fsp3) is 0.0556. The maximum Gasteiger partial charge on any atom is 0.416 e. The summed E-state index contributed by atoms with van der Waals surface area (Å²) < 4.78 is 80.4. The quantitative estimate of drug-likeness (QED) is 0.121. The summed E-state index contributed by atoms with van der Waals surface area (Å²) in [6, 6.07) is 4.06. The summed E-state index contributed by atoms with van der Waals surface area (Å²) >= 11 is 12.0. The molecule has 0 saturated carbocycles. The number of hydrogen-bond donors (Lipinski definition) is 0. The molecule has 3 aromatic rings. The van der Waals surface area contributed by atoms with Crippen LogP contribution in [0, 0.1) is 6.57 Å². The number of halogens is 8. The van der Waals surface area contributed by atoms with Crippen LogP contribution in [0.2, 0.25) is 10.0 Å². The van der Waals surface area contributed by atoms with Gasteiger partial charge in [0.05, 0.1) is 26.5 Å². The van der Waals surface area contributed by atoms with Gasteiger partial charge in [-0.3, -0.25) is 4.98 Å². The van der Waals surface area contributed by atoms with Gasteiger partial charge in [-0.05, 0) is 34.9 Å². The first-order chi connectivity index (χ1) is 15.0. The first-order valence-corrected chi connectivity index (χ1v) is 10.0. The largest absolute Gasteiger partial charge is 0.416 e. The van der Waals surface area contributed by atoms with Crippen molar-refractivity contribution < 1.29 is 25.8 Å². The van der Waals surface area contributed by atoms with E-state index in [4.69, 9.17) is 29.8 Å². The molecule has 0 saturated heterocycles. The number of alkyl halides is 3. The van der Waals surface area contributed by atoms with Gasteiger partial charge in [-0.1, -0.05) is 29.8 Å². The molecule has 2 heterocycles. The number of nitrogens with zero attached hydrogens (tertiary/aromatic N) is 5. The molecule has 0 radical (unpaired) electrons. The fourth-order valence-corrected chi connectivity index (χ4v) is 3.83.